The Morgan fingerprint density at radius 3 is 2.95 bits per heavy atom. The Bertz CT molecular complexity index is 514. The van der Waals surface area contributed by atoms with E-state index in [-0.39, 0.29) is 24.3 Å². The van der Waals surface area contributed by atoms with Crippen LogP contribution in [-0.2, 0) is 16.1 Å². The summed E-state index contributed by atoms with van der Waals surface area (Å²) in [6, 6.07) is 9.68. The molecule has 1 aromatic carbocycles. The molecule has 0 N–H and O–H groups in total. The van der Waals surface area contributed by atoms with Crippen LogP contribution in [-0.4, -0.2) is 29.9 Å². The number of hydrogen-bond acceptors (Lipinski definition) is 3. The summed E-state index contributed by atoms with van der Waals surface area (Å²) >= 11 is 0. The quantitative estimate of drug-likeness (QED) is 0.778. The van der Waals surface area contributed by atoms with Crippen molar-refractivity contribution in [2.75, 3.05) is 6.54 Å². The van der Waals surface area contributed by atoms with Crippen molar-refractivity contribution in [1.29, 1.82) is 0 Å². The molecule has 2 aliphatic rings. The van der Waals surface area contributed by atoms with Crippen LogP contribution >= 0.6 is 0 Å². The lowest BCUT2D eigenvalue weighted by Gasteiger charge is -2.23. The standard InChI is InChI=1S/C16H19NO3/c1-11-12(2)20-15-14(11)8-9-17(15)16(18)19-10-13-6-4-3-5-7-13/h3-7,12,14-15H,1,8-10H2,2H3/t12?,14-,15+/m1/s1. The van der Waals surface area contributed by atoms with Crippen LogP contribution in [0.3, 0.4) is 0 Å². The number of ether oxygens (including phenoxy) is 2. The van der Waals surface area contributed by atoms with Crippen molar-refractivity contribution in [2.24, 2.45) is 5.92 Å². The third-order valence-corrected chi connectivity index (χ3v) is 4.11. The Morgan fingerprint density at radius 1 is 1.45 bits per heavy atom. The highest BCUT2D eigenvalue weighted by Crippen LogP contribution is 2.40. The Morgan fingerprint density at radius 2 is 2.20 bits per heavy atom. The number of amides is 1. The largest absolute Gasteiger partial charge is 0.444 e. The molecule has 2 heterocycles. The molecular formula is C16H19NO3. The lowest BCUT2D eigenvalue weighted by atomic mass is 9.98. The van der Waals surface area contributed by atoms with Crippen molar-refractivity contribution < 1.29 is 14.3 Å². The van der Waals surface area contributed by atoms with E-state index in [1.54, 1.807) is 4.90 Å². The topological polar surface area (TPSA) is 38.8 Å². The molecule has 1 aromatic rings. The second kappa shape index (κ2) is 5.29. The average Bonchev–Trinajstić information content (AvgIpc) is 2.99. The van der Waals surface area contributed by atoms with Gasteiger partial charge in [0, 0.05) is 12.5 Å². The summed E-state index contributed by atoms with van der Waals surface area (Å²) in [5.41, 5.74) is 2.08. The maximum Gasteiger partial charge on any atom is 0.412 e. The molecule has 0 aliphatic carbocycles. The minimum absolute atomic E-state index is 0.0229. The van der Waals surface area contributed by atoms with E-state index in [1.165, 1.54) is 0 Å². The molecule has 4 nitrogen and oxygen atoms in total. The van der Waals surface area contributed by atoms with Gasteiger partial charge in [-0.25, -0.2) is 4.79 Å². The van der Waals surface area contributed by atoms with Gasteiger partial charge in [0.25, 0.3) is 0 Å². The summed E-state index contributed by atoms with van der Waals surface area (Å²) in [4.78, 5) is 13.9. The van der Waals surface area contributed by atoms with Gasteiger partial charge < -0.3 is 9.47 Å². The predicted octanol–water partition coefficient (Wildman–Crippen LogP) is 2.95. The van der Waals surface area contributed by atoms with Gasteiger partial charge in [0.05, 0.1) is 6.10 Å². The smallest absolute Gasteiger partial charge is 0.412 e. The van der Waals surface area contributed by atoms with Crippen molar-refractivity contribution in [1.82, 2.24) is 4.90 Å². The minimum Gasteiger partial charge on any atom is -0.444 e. The summed E-state index contributed by atoms with van der Waals surface area (Å²) in [5.74, 6) is 0.259. The van der Waals surface area contributed by atoms with Gasteiger partial charge in [-0.1, -0.05) is 36.9 Å². The molecule has 0 bridgehead atoms. The molecule has 3 rings (SSSR count). The Hall–Kier alpha value is -1.81. The number of likely N-dealkylation sites (tertiary alicyclic amines) is 1. The zero-order valence-corrected chi connectivity index (χ0v) is 11.6. The van der Waals surface area contributed by atoms with Crippen LogP contribution in [0.5, 0.6) is 0 Å². The van der Waals surface area contributed by atoms with Gasteiger partial charge in [-0.05, 0) is 24.5 Å². The molecule has 0 radical (unpaired) electrons. The highest BCUT2D eigenvalue weighted by molar-refractivity contribution is 5.68. The van der Waals surface area contributed by atoms with Crippen LogP contribution in [0.15, 0.2) is 42.5 Å². The number of fused-ring (bicyclic) bond motifs is 1. The second-order valence-corrected chi connectivity index (χ2v) is 5.37. The Kier molecular flexibility index (Phi) is 3.49. The molecule has 0 saturated carbocycles. The fourth-order valence-corrected chi connectivity index (χ4v) is 2.90. The molecule has 3 atom stereocenters. The van der Waals surface area contributed by atoms with Crippen LogP contribution in [0.2, 0.25) is 0 Å². The van der Waals surface area contributed by atoms with E-state index in [2.05, 4.69) is 6.58 Å². The van der Waals surface area contributed by atoms with Gasteiger partial charge in [0.15, 0.2) is 0 Å². The lowest BCUT2D eigenvalue weighted by Crippen LogP contribution is -2.38. The summed E-state index contributed by atoms with van der Waals surface area (Å²) in [6.07, 6.45) is 0.438. The molecular weight excluding hydrogens is 254 g/mol. The van der Waals surface area contributed by atoms with Crippen LogP contribution < -0.4 is 0 Å². The summed E-state index contributed by atoms with van der Waals surface area (Å²) < 4.78 is 11.2. The van der Waals surface area contributed by atoms with Gasteiger partial charge in [0.1, 0.15) is 12.8 Å². The van der Waals surface area contributed by atoms with E-state index >= 15 is 0 Å². The summed E-state index contributed by atoms with van der Waals surface area (Å²) in [7, 11) is 0. The highest BCUT2D eigenvalue weighted by Gasteiger charge is 2.46. The third kappa shape index (κ3) is 2.31. The molecule has 106 valence electrons. The van der Waals surface area contributed by atoms with Crippen LogP contribution in [0, 0.1) is 5.92 Å². The van der Waals surface area contributed by atoms with Crippen molar-refractivity contribution >= 4 is 6.09 Å². The zero-order chi connectivity index (χ0) is 14.1. The van der Waals surface area contributed by atoms with Gasteiger partial charge >= 0.3 is 6.09 Å². The molecule has 0 spiro atoms. The van der Waals surface area contributed by atoms with Crippen molar-refractivity contribution in [3.8, 4) is 0 Å². The van der Waals surface area contributed by atoms with Crippen molar-refractivity contribution in [2.45, 2.75) is 32.3 Å². The first-order valence-electron chi connectivity index (χ1n) is 6.98. The van der Waals surface area contributed by atoms with Gasteiger partial charge in [-0.15, -0.1) is 0 Å². The molecule has 1 unspecified atom stereocenters. The predicted molar refractivity (Wildman–Crippen MR) is 74.9 cm³/mol. The number of carbonyl (C=O) groups excluding carboxylic acids is 1. The van der Waals surface area contributed by atoms with Gasteiger partial charge in [-0.3, -0.25) is 4.90 Å². The molecule has 4 heteroatoms. The maximum absolute atomic E-state index is 12.2. The van der Waals surface area contributed by atoms with E-state index in [9.17, 15) is 4.79 Å². The lowest BCUT2D eigenvalue weighted by molar-refractivity contribution is -0.0345. The molecule has 2 aliphatic heterocycles. The van der Waals surface area contributed by atoms with E-state index in [0.717, 1.165) is 17.6 Å². The zero-order valence-electron chi connectivity index (χ0n) is 11.6. The second-order valence-electron chi connectivity index (χ2n) is 5.37. The van der Waals surface area contributed by atoms with E-state index in [1.807, 2.05) is 37.3 Å². The minimum atomic E-state index is -0.303. The molecule has 2 fully saturated rings. The molecule has 2 saturated heterocycles. The van der Waals surface area contributed by atoms with E-state index in [0.29, 0.717) is 13.2 Å². The van der Waals surface area contributed by atoms with Crippen molar-refractivity contribution in [3.05, 3.63) is 48.0 Å². The molecule has 1 amide bonds. The number of nitrogens with zero attached hydrogens (tertiary/aromatic N) is 1. The normalized spacial score (nSPS) is 28.6. The van der Waals surface area contributed by atoms with Crippen LogP contribution in [0.25, 0.3) is 0 Å². The van der Waals surface area contributed by atoms with E-state index in [4.69, 9.17) is 9.47 Å². The van der Waals surface area contributed by atoms with Gasteiger partial charge in [-0.2, -0.15) is 0 Å². The third-order valence-electron chi connectivity index (χ3n) is 4.11. The fourth-order valence-electron chi connectivity index (χ4n) is 2.90. The monoisotopic (exact) mass is 273 g/mol. The first-order chi connectivity index (χ1) is 9.66. The van der Waals surface area contributed by atoms with E-state index < -0.39 is 0 Å². The maximum atomic E-state index is 12.2. The highest BCUT2D eigenvalue weighted by atomic mass is 16.6. The van der Waals surface area contributed by atoms with Crippen molar-refractivity contribution in [3.63, 3.8) is 0 Å². The summed E-state index contributed by atoms with van der Waals surface area (Å²) in [5, 5.41) is 0. The Labute approximate surface area is 119 Å². The van der Waals surface area contributed by atoms with Gasteiger partial charge in [0.2, 0.25) is 0 Å². The molecule has 0 aromatic heterocycles. The van der Waals surface area contributed by atoms with Crippen LogP contribution in [0.4, 0.5) is 4.79 Å². The fraction of sp³-hybridized carbons (Fsp3) is 0.438. The number of benzene rings is 1. The first kappa shape index (κ1) is 13.2. The molecule has 20 heavy (non-hydrogen) atoms. The number of hydrogen-bond donors (Lipinski definition) is 0. The average molecular weight is 273 g/mol. The number of rotatable bonds is 2. The van der Waals surface area contributed by atoms with Crippen LogP contribution in [0.1, 0.15) is 18.9 Å². The summed E-state index contributed by atoms with van der Waals surface area (Å²) in [6.45, 7) is 7.01. The number of carbonyl (C=O) groups is 1. The first-order valence-corrected chi connectivity index (χ1v) is 6.98. The SMILES string of the molecule is C=C1C(C)O[C@H]2[C@@H]1CCN2C(=O)OCc1ccccc1. The Balaban J connectivity index is 1.60.